The van der Waals surface area contributed by atoms with Crippen molar-refractivity contribution in [2.24, 2.45) is 0 Å². The molecule has 0 aliphatic rings. The van der Waals surface area contributed by atoms with E-state index in [1.807, 2.05) is 29.0 Å². The van der Waals surface area contributed by atoms with Crippen LogP contribution in [0.1, 0.15) is 0 Å². The van der Waals surface area contributed by atoms with Crippen LogP contribution in [-0.4, -0.2) is 5.10 Å². The molecule has 0 aromatic carbocycles. The SMILES string of the molecule is c1cc[n+]2ncc3sccc3c2c1. The second-order valence-corrected chi connectivity index (χ2v) is 3.82. The van der Waals surface area contributed by atoms with Crippen molar-refractivity contribution in [2.45, 2.75) is 0 Å². The smallest absolute Gasteiger partial charge is 0.142 e. The Hall–Kier alpha value is -1.48. The van der Waals surface area contributed by atoms with E-state index < -0.39 is 0 Å². The lowest BCUT2D eigenvalue weighted by molar-refractivity contribution is -0.579. The molecule has 0 unspecified atom stereocenters. The molecule has 0 spiro atoms. The maximum atomic E-state index is 4.31. The van der Waals surface area contributed by atoms with Gasteiger partial charge in [-0.05, 0) is 22.6 Å². The summed E-state index contributed by atoms with van der Waals surface area (Å²) in [7, 11) is 0. The molecule has 3 heteroatoms. The van der Waals surface area contributed by atoms with Crippen molar-refractivity contribution in [2.75, 3.05) is 0 Å². The van der Waals surface area contributed by atoms with Crippen LogP contribution in [0.3, 0.4) is 0 Å². The number of aromatic nitrogens is 2. The zero-order chi connectivity index (χ0) is 8.67. The molecule has 2 nitrogen and oxygen atoms in total. The van der Waals surface area contributed by atoms with Crippen molar-refractivity contribution in [3.63, 3.8) is 0 Å². The van der Waals surface area contributed by atoms with E-state index in [-0.39, 0.29) is 0 Å². The van der Waals surface area contributed by atoms with Crippen LogP contribution in [0, 0.1) is 0 Å². The van der Waals surface area contributed by atoms with Gasteiger partial charge in [0.25, 0.3) is 0 Å². The first-order valence-corrected chi connectivity index (χ1v) is 4.96. The quantitative estimate of drug-likeness (QED) is 0.492. The predicted molar refractivity (Wildman–Crippen MR) is 52.8 cm³/mol. The standard InChI is InChI=1S/C10H7N2S/c1-2-5-12-9(3-1)8-4-6-13-10(8)7-11-12/h1-7H/q+1. The van der Waals surface area contributed by atoms with Crippen molar-refractivity contribution in [1.29, 1.82) is 0 Å². The second kappa shape index (κ2) is 2.50. The fourth-order valence-electron chi connectivity index (χ4n) is 1.50. The average Bonchev–Trinajstić information content (AvgIpc) is 2.65. The molecule has 3 aromatic rings. The number of hydrogen-bond acceptors (Lipinski definition) is 2. The van der Waals surface area contributed by atoms with Gasteiger partial charge in [0.1, 0.15) is 6.20 Å². The van der Waals surface area contributed by atoms with Gasteiger partial charge in [-0.3, -0.25) is 0 Å². The van der Waals surface area contributed by atoms with Crippen LogP contribution in [0.2, 0.25) is 0 Å². The predicted octanol–water partition coefficient (Wildman–Crippen LogP) is 2.03. The molecule has 3 aromatic heterocycles. The molecular formula is C10H7N2S+. The molecule has 0 amide bonds. The highest BCUT2D eigenvalue weighted by Gasteiger charge is 2.07. The molecule has 0 fully saturated rings. The summed E-state index contributed by atoms with van der Waals surface area (Å²) in [6, 6.07) is 8.24. The van der Waals surface area contributed by atoms with Crippen LogP contribution in [0.5, 0.6) is 0 Å². The number of nitrogens with zero attached hydrogens (tertiary/aromatic N) is 2. The van der Waals surface area contributed by atoms with Crippen LogP contribution in [0.4, 0.5) is 0 Å². The van der Waals surface area contributed by atoms with Crippen molar-refractivity contribution >= 4 is 26.9 Å². The molecule has 0 saturated carbocycles. The lowest BCUT2D eigenvalue weighted by Crippen LogP contribution is -2.25. The molecule has 3 heterocycles. The van der Waals surface area contributed by atoms with Gasteiger partial charge >= 0.3 is 0 Å². The second-order valence-electron chi connectivity index (χ2n) is 2.87. The van der Waals surface area contributed by atoms with E-state index in [1.54, 1.807) is 11.3 Å². The summed E-state index contributed by atoms with van der Waals surface area (Å²) in [5.41, 5.74) is 1.17. The van der Waals surface area contributed by atoms with Gasteiger partial charge in [0.15, 0.2) is 0 Å². The normalized spacial score (nSPS) is 11.1. The fourth-order valence-corrected chi connectivity index (χ4v) is 2.25. The first-order valence-electron chi connectivity index (χ1n) is 4.08. The van der Waals surface area contributed by atoms with Gasteiger partial charge in [0, 0.05) is 12.1 Å². The summed E-state index contributed by atoms with van der Waals surface area (Å²) in [4.78, 5) is 0. The van der Waals surface area contributed by atoms with Gasteiger partial charge in [-0.15, -0.1) is 11.3 Å². The van der Waals surface area contributed by atoms with E-state index in [4.69, 9.17) is 0 Å². The van der Waals surface area contributed by atoms with Crippen molar-refractivity contribution in [1.82, 2.24) is 5.10 Å². The van der Waals surface area contributed by atoms with Crippen molar-refractivity contribution < 1.29 is 4.52 Å². The lowest BCUT2D eigenvalue weighted by Gasteiger charge is -1.88. The van der Waals surface area contributed by atoms with E-state index in [0.717, 1.165) is 0 Å². The molecule has 62 valence electrons. The minimum absolute atomic E-state index is 1.17. The summed E-state index contributed by atoms with van der Waals surface area (Å²) < 4.78 is 3.14. The Labute approximate surface area is 79.1 Å². The molecule has 0 N–H and O–H groups in total. The number of fused-ring (bicyclic) bond motifs is 3. The van der Waals surface area contributed by atoms with Crippen LogP contribution < -0.4 is 4.52 Å². The third-order valence-corrected chi connectivity index (χ3v) is 2.96. The zero-order valence-electron chi connectivity index (χ0n) is 6.84. The Morgan fingerprint density at radius 1 is 1.23 bits per heavy atom. The Kier molecular flexibility index (Phi) is 1.34. The van der Waals surface area contributed by atoms with E-state index >= 15 is 0 Å². The monoisotopic (exact) mass is 187 g/mol. The van der Waals surface area contributed by atoms with Gasteiger partial charge in [-0.25, -0.2) is 0 Å². The molecule has 0 saturated heterocycles. The number of thiophene rings is 1. The lowest BCUT2D eigenvalue weighted by atomic mass is 10.3. The third kappa shape index (κ3) is 0.939. The summed E-state index contributed by atoms with van der Waals surface area (Å²) in [5, 5.41) is 7.68. The highest BCUT2D eigenvalue weighted by Crippen LogP contribution is 2.20. The maximum absolute atomic E-state index is 4.31. The first-order chi connectivity index (χ1) is 6.45. The van der Waals surface area contributed by atoms with Gasteiger partial charge in [-0.1, -0.05) is 4.52 Å². The average molecular weight is 187 g/mol. The van der Waals surface area contributed by atoms with E-state index in [0.29, 0.717) is 0 Å². The molecule has 0 aliphatic heterocycles. The van der Waals surface area contributed by atoms with Crippen LogP contribution in [0.25, 0.3) is 15.6 Å². The van der Waals surface area contributed by atoms with Gasteiger partial charge in [0.2, 0.25) is 11.7 Å². The van der Waals surface area contributed by atoms with Crippen molar-refractivity contribution in [3.05, 3.63) is 42.0 Å². The van der Waals surface area contributed by atoms with Crippen molar-refractivity contribution in [3.8, 4) is 0 Å². The molecule has 3 rings (SSSR count). The zero-order valence-corrected chi connectivity index (χ0v) is 7.66. The molecule has 13 heavy (non-hydrogen) atoms. The highest BCUT2D eigenvalue weighted by molar-refractivity contribution is 7.17. The fraction of sp³-hybridized carbons (Fsp3) is 0. The number of hydrogen-bond donors (Lipinski definition) is 0. The highest BCUT2D eigenvalue weighted by atomic mass is 32.1. The Morgan fingerprint density at radius 2 is 2.23 bits per heavy atom. The molecule has 0 bridgehead atoms. The van der Waals surface area contributed by atoms with Gasteiger partial charge < -0.3 is 0 Å². The van der Waals surface area contributed by atoms with Crippen LogP contribution in [0.15, 0.2) is 42.0 Å². The topological polar surface area (TPSA) is 17.0 Å². The van der Waals surface area contributed by atoms with E-state index in [2.05, 4.69) is 22.6 Å². The summed E-state index contributed by atoms with van der Waals surface area (Å²) in [6.07, 6.45) is 3.87. The molecular weight excluding hydrogens is 180 g/mol. The number of pyridine rings is 1. The Morgan fingerprint density at radius 3 is 3.23 bits per heavy atom. The van der Waals surface area contributed by atoms with E-state index in [9.17, 15) is 0 Å². The Bertz CT molecular complexity index is 571. The van der Waals surface area contributed by atoms with Crippen LogP contribution in [-0.2, 0) is 0 Å². The minimum atomic E-state index is 1.17. The largest absolute Gasteiger partial charge is 0.246 e. The van der Waals surface area contributed by atoms with Gasteiger partial charge in [-0.2, -0.15) is 0 Å². The summed E-state index contributed by atoms with van der Waals surface area (Å²) >= 11 is 1.73. The summed E-state index contributed by atoms with van der Waals surface area (Å²) in [5.74, 6) is 0. The minimum Gasteiger partial charge on any atom is -0.142 e. The molecule has 0 aliphatic carbocycles. The maximum Gasteiger partial charge on any atom is 0.246 e. The molecule has 0 radical (unpaired) electrons. The molecule has 0 atom stereocenters. The third-order valence-electron chi connectivity index (χ3n) is 2.11. The summed E-state index contributed by atoms with van der Waals surface area (Å²) in [6.45, 7) is 0. The Balaban J connectivity index is 2.65. The number of rotatable bonds is 0. The van der Waals surface area contributed by atoms with Crippen LogP contribution >= 0.6 is 11.3 Å². The first kappa shape index (κ1) is 6.97. The van der Waals surface area contributed by atoms with E-state index in [1.165, 1.54) is 15.6 Å². The van der Waals surface area contributed by atoms with Gasteiger partial charge in [0.05, 0.1) is 10.1 Å².